The Kier molecular flexibility index (Phi) is 2.02. The van der Waals surface area contributed by atoms with Crippen molar-refractivity contribution in [1.29, 1.82) is 0 Å². The molecule has 1 aromatic carbocycles. The van der Waals surface area contributed by atoms with Crippen molar-refractivity contribution in [3.8, 4) is 11.5 Å². The van der Waals surface area contributed by atoms with Crippen LogP contribution >= 0.6 is 0 Å². The topological polar surface area (TPSA) is 64.9 Å². The predicted molar refractivity (Wildman–Crippen MR) is 65.5 cm³/mol. The molecular weight excluding hydrogens is 214 g/mol. The average molecular weight is 229 g/mol. The zero-order chi connectivity index (χ0) is 12.0. The molecule has 0 spiro atoms. The standard InChI is InChI=1S/C13H15N3O/c1-8-4-3-5-9(14)10(8)11-15-12(16-17-11)13(2)6-7-13/h3-5H,6-7,14H2,1-2H3. The Bertz CT molecular complexity index is 550. The molecule has 0 bridgehead atoms. The molecule has 2 aromatic rings. The van der Waals surface area contributed by atoms with E-state index in [1.807, 2.05) is 25.1 Å². The number of nitrogens with zero attached hydrogens (tertiary/aromatic N) is 2. The third-order valence-electron chi connectivity index (χ3n) is 3.48. The number of nitrogen functional groups attached to an aromatic ring is 1. The van der Waals surface area contributed by atoms with Gasteiger partial charge < -0.3 is 10.3 Å². The van der Waals surface area contributed by atoms with Crippen LogP contribution in [0.15, 0.2) is 22.7 Å². The summed E-state index contributed by atoms with van der Waals surface area (Å²) in [5.74, 6) is 1.33. The summed E-state index contributed by atoms with van der Waals surface area (Å²) in [6, 6.07) is 5.77. The van der Waals surface area contributed by atoms with Crippen molar-refractivity contribution in [2.75, 3.05) is 5.73 Å². The van der Waals surface area contributed by atoms with Gasteiger partial charge in [0, 0.05) is 11.1 Å². The van der Waals surface area contributed by atoms with Crippen molar-refractivity contribution in [2.24, 2.45) is 0 Å². The first-order valence-electron chi connectivity index (χ1n) is 5.80. The van der Waals surface area contributed by atoms with Gasteiger partial charge in [-0.25, -0.2) is 0 Å². The lowest BCUT2D eigenvalue weighted by Gasteiger charge is -2.03. The minimum atomic E-state index is 0.124. The van der Waals surface area contributed by atoms with Gasteiger partial charge in [-0.05, 0) is 31.4 Å². The fraction of sp³-hybridized carbons (Fsp3) is 0.385. The minimum absolute atomic E-state index is 0.124. The molecule has 1 aliphatic rings. The van der Waals surface area contributed by atoms with Gasteiger partial charge in [0.05, 0.1) is 5.56 Å². The van der Waals surface area contributed by atoms with Crippen LogP contribution in [0.2, 0.25) is 0 Å². The quantitative estimate of drug-likeness (QED) is 0.804. The lowest BCUT2D eigenvalue weighted by molar-refractivity contribution is 0.416. The molecule has 1 aromatic heterocycles. The highest BCUT2D eigenvalue weighted by Crippen LogP contribution is 2.46. The maximum Gasteiger partial charge on any atom is 0.260 e. The second kappa shape index (κ2) is 3.32. The van der Waals surface area contributed by atoms with Gasteiger partial charge in [-0.2, -0.15) is 4.98 Å². The van der Waals surface area contributed by atoms with E-state index in [0.29, 0.717) is 11.6 Å². The van der Waals surface area contributed by atoms with E-state index in [1.54, 1.807) is 0 Å². The lowest BCUT2D eigenvalue weighted by atomic mass is 10.1. The predicted octanol–water partition coefficient (Wildman–Crippen LogP) is 2.68. The fourth-order valence-electron chi connectivity index (χ4n) is 1.96. The molecule has 17 heavy (non-hydrogen) atoms. The first-order chi connectivity index (χ1) is 8.10. The van der Waals surface area contributed by atoms with Crippen LogP contribution in [0.3, 0.4) is 0 Å². The number of nitrogens with two attached hydrogens (primary N) is 1. The molecule has 0 unspecified atom stereocenters. The third-order valence-corrected chi connectivity index (χ3v) is 3.48. The van der Waals surface area contributed by atoms with Crippen molar-refractivity contribution in [2.45, 2.75) is 32.1 Å². The zero-order valence-corrected chi connectivity index (χ0v) is 10.0. The highest BCUT2D eigenvalue weighted by molar-refractivity contribution is 5.73. The van der Waals surface area contributed by atoms with Crippen molar-refractivity contribution in [3.05, 3.63) is 29.6 Å². The summed E-state index contributed by atoms with van der Waals surface area (Å²) in [6.07, 6.45) is 2.27. The number of aromatic nitrogens is 2. The molecule has 0 aliphatic heterocycles. The normalized spacial score (nSPS) is 17.1. The second-order valence-corrected chi connectivity index (χ2v) is 5.02. The molecule has 0 atom stereocenters. The van der Waals surface area contributed by atoms with Gasteiger partial charge >= 0.3 is 0 Å². The smallest absolute Gasteiger partial charge is 0.260 e. The molecule has 0 radical (unpaired) electrons. The molecule has 88 valence electrons. The van der Waals surface area contributed by atoms with Gasteiger partial charge in [-0.3, -0.25) is 0 Å². The molecule has 4 nitrogen and oxygen atoms in total. The number of benzene rings is 1. The summed E-state index contributed by atoms with van der Waals surface area (Å²) < 4.78 is 5.34. The zero-order valence-electron chi connectivity index (χ0n) is 10.0. The van der Waals surface area contributed by atoms with Gasteiger partial charge in [-0.15, -0.1) is 0 Å². The Morgan fingerprint density at radius 3 is 2.76 bits per heavy atom. The molecule has 2 N–H and O–H groups in total. The molecule has 3 rings (SSSR count). The van der Waals surface area contributed by atoms with E-state index in [-0.39, 0.29) is 5.41 Å². The first kappa shape index (κ1) is 10.3. The average Bonchev–Trinajstić information content (AvgIpc) is 2.86. The molecule has 0 saturated heterocycles. The summed E-state index contributed by atoms with van der Waals surface area (Å²) >= 11 is 0. The van der Waals surface area contributed by atoms with Crippen LogP contribution in [0.25, 0.3) is 11.5 Å². The van der Waals surface area contributed by atoms with Crippen LogP contribution in [-0.2, 0) is 5.41 Å². The van der Waals surface area contributed by atoms with E-state index < -0.39 is 0 Å². The summed E-state index contributed by atoms with van der Waals surface area (Å²) in [7, 11) is 0. The monoisotopic (exact) mass is 229 g/mol. The van der Waals surface area contributed by atoms with E-state index in [4.69, 9.17) is 10.3 Å². The lowest BCUT2D eigenvalue weighted by Crippen LogP contribution is -2.02. The van der Waals surface area contributed by atoms with Crippen LogP contribution in [0.5, 0.6) is 0 Å². The summed E-state index contributed by atoms with van der Waals surface area (Å²) in [6.45, 7) is 4.15. The Labute approximate surface area is 99.8 Å². The number of anilines is 1. The van der Waals surface area contributed by atoms with E-state index >= 15 is 0 Å². The fourth-order valence-corrected chi connectivity index (χ4v) is 1.96. The Hall–Kier alpha value is -1.84. The number of aryl methyl sites for hydroxylation is 1. The largest absolute Gasteiger partial charge is 0.398 e. The van der Waals surface area contributed by atoms with E-state index in [1.165, 1.54) is 0 Å². The molecule has 1 heterocycles. The number of rotatable bonds is 2. The van der Waals surface area contributed by atoms with Gasteiger partial charge in [0.25, 0.3) is 5.89 Å². The summed E-state index contributed by atoms with van der Waals surface area (Å²) in [4.78, 5) is 4.48. The van der Waals surface area contributed by atoms with E-state index in [0.717, 1.165) is 29.8 Å². The molecule has 1 aliphatic carbocycles. The van der Waals surface area contributed by atoms with Gasteiger partial charge in [-0.1, -0.05) is 24.2 Å². The first-order valence-corrected chi connectivity index (χ1v) is 5.80. The molecule has 1 saturated carbocycles. The summed E-state index contributed by atoms with van der Waals surface area (Å²) in [5.41, 5.74) is 8.68. The minimum Gasteiger partial charge on any atom is -0.398 e. The van der Waals surface area contributed by atoms with Gasteiger partial charge in [0.15, 0.2) is 5.82 Å². The Balaban J connectivity index is 2.07. The maximum atomic E-state index is 5.96. The van der Waals surface area contributed by atoms with Crippen LogP contribution < -0.4 is 5.73 Å². The molecule has 1 fully saturated rings. The van der Waals surface area contributed by atoms with E-state index in [2.05, 4.69) is 17.1 Å². The maximum absolute atomic E-state index is 5.96. The van der Waals surface area contributed by atoms with Crippen LogP contribution in [0.1, 0.15) is 31.2 Å². The van der Waals surface area contributed by atoms with Crippen molar-refractivity contribution in [3.63, 3.8) is 0 Å². The van der Waals surface area contributed by atoms with Crippen molar-refractivity contribution < 1.29 is 4.52 Å². The molecular formula is C13H15N3O. The third kappa shape index (κ3) is 1.60. The highest BCUT2D eigenvalue weighted by Gasteiger charge is 2.43. The highest BCUT2D eigenvalue weighted by atomic mass is 16.5. The van der Waals surface area contributed by atoms with Crippen molar-refractivity contribution >= 4 is 5.69 Å². The SMILES string of the molecule is Cc1cccc(N)c1-c1nc(C2(C)CC2)no1. The van der Waals surface area contributed by atoms with Crippen LogP contribution in [-0.4, -0.2) is 10.1 Å². The number of hydrogen-bond acceptors (Lipinski definition) is 4. The second-order valence-electron chi connectivity index (χ2n) is 5.02. The molecule has 0 amide bonds. The number of hydrogen-bond donors (Lipinski definition) is 1. The van der Waals surface area contributed by atoms with E-state index in [9.17, 15) is 0 Å². The van der Waals surface area contributed by atoms with Crippen LogP contribution in [0, 0.1) is 6.92 Å². The van der Waals surface area contributed by atoms with Crippen molar-refractivity contribution in [1.82, 2.24) is 10.1 Å². The van der Waals surface area contributed by atoms with Gasteiger partial charge in [0.2, 0.25) is 0 Å². The van der Waals surface area contributed by atoms with Gasteiger partial charge in [0.1, 0.15) is 0 Å². The Morgan fingerprint density at radius 1 is 1.35 bits per heavy atom. The Morgan fingerprint density at radius 2 is 2.12 bits per heavy atom. The molecule has 4 heteroatoms. The van der Waals surface area contributed by atoms with Crippen LogP contribution in [0.4, 0.5) is 5.69 Å². The summed E-state index contributed by atoms with van der Waals surface area (Å²) in [5, 5.41) is 4.07.